The third-order valence-electron chi connectivity index (χ3n) is 3.16. The predicted octanol–water partition coefficient (Wildman–Crippen LogP) is 4.34. The van der Waals surface area contributed by atoms with E-state index >= 15 is 0 Å². The molecule has 96 valence electrons. The maximum atomic E-state index is 13.7. The Morgan fingerprint density at radius 3 is 2.67 bits per heavy atom. The van der Waals surface area contributed by atoms with Gasteiger partial charge in [0.25, 0.3) is 0 Å². The second-order valence-electron chi connectivity index (χ2n) is 5.70. The second-order valence-corrected chi connectivity index (χ2v) is 6.14. The highest BCUT2D eigenvalue weighted by Crippen LogP contribution is 2.35. The molecule has 0 aliphatic heterocycles. The van der Waals surface area contributed by atoms with Crippen LogP contribution in [0.25, 0.3) is 0 Å². The first-order chi connectivity index (χ1) is 8.35. The fraction of sp³-hybridized carbons (Fsp3) is 0.400. The number of allylic oxidation sites excluding steroid dienone is 2. The smallest absolute Gasteiger partial charge is 0.156 e. The molecule has 0 atom stereocenters. The highest BCUT2D eigenvalue weighted by atomic mass is 35.5. The Morgan fingerprint density at radius 2 is 2.06 bits per heavy atom. The number of carbonyl (C=O) groups is 1. The standard InChI is InChI=1S/C15H16ClFO/c1-15(2)8-10(6-13(18)9-15)5-11-3-4-12(16)7-14(11)17/h3-4,6-7H,5,8-9H2,1-2H3. The highest BCUT2D eigenvalue weighted by molar-refractivity contribution is 6.30. The maximum Gasteiger partial charge on any atom is 0.156 e. The molecule has 0 saturated heterocycles. The van der Waals surface area contributed by atoms with Crippen LogP contribution in [0.2, 0.25) is 5.02 Å². The number of rotatable bonds is 2. The monoisotopic (exact) mass is 266 g/mol. The van der Waals surface area contributed by atoms with E-state index in [0.29, 0.717) is 23.4 Å². The van der Waals surface area contributed by atoms with E-state index in [9.17, 15) is 9.18 Å². The summed E-state index contributed by atoms with van der Waals surface area (Å²) in [6.45, 7) is 4.13. The van der Waals surface area contributed by atoms with Gasteiger partial charge in [-0.25, -0.2) is 4.39 Å². The highest BCUT2D eigenvalue weighted by Gasteiger charge is 2.27. The van der Waals surface area contributed by atoms with Crippen molar-refractivity contribution in [3.63, 3.8) is 0 Å². The average Bonchev–Trinajstić information content (AvgIpc) is 2.19. The molecule has 2 rings (SSSR count). The lowest BCUT2D eigenvalue weighted by molar-refractivity contribution is -0.117. The minimum atomic E-state index is -0.306. The summed E-state index contributed by atoms with van der Waals surface area (Å²) in [6.07, 6.45) is 3.55. The average molecular weight is 267 g/mol. The Balaban J connectivity index is 2.21. The summed E-state index contributed by atoms with van der Waals surface area (Å²) in [5.74, 6) is -0.171. The van der Waals surface area contributed by atoms with Crippen LogP contribution in [0.5, 0.6) is 0 Å². The molecule has 0 saturated carbocycles. The number of benzene rings is 1. The summed E-state index contributed by atoms with van der Waals surface area (Å²) in [5, 5.41) is 0.394. The van der Waals surface area contributed by atoms with Gasteiger partial charge in [0, 0.05) is 11.4 Å². The van der Waals surface area contributed by atoms with E-state index < -0.39 is 0 Å². The van der Waals surface area contributed by atoms with Crippen LogP contribution in [-0.2, 0) is 11.2 Å². The molecule has 1 nitrogen and oxygen atoms in total. The van der Waals surface area contributed by atoms with Gasteiger partial charge in [-0.3, -0.25) is 4.79 Å². The van der Waals surface area contributed by atoms with Crippen LogP contribution in [0.3, 0.4) is 0 Å². The minimum absolute atomic E-state index is 0.0237. The van der Waals surface area contributed by atoms with Crippen molar-refractivity contribution in [1.29, 1.82) is 0 Å². The number of carbonyl (C=O) groups excluding carboxylic acids is 1. The Labute approximate surface area is 112 Å². The van der Waals surface area contributed by atoms with Crippen LogP contribution in [0.1, 0.15) is 32.3 Å². The van der Waals surface area contributed by atoms with Gasteiger partial charge in [-0.15, -0.1) is 0 Å². The molecule has 18 heavy (non-hydrogen) atoms. The minimum Gasteiger partial charge on any atom is -0.295 e. The lowest BCUT2D eigenvalue weighted by atomic mass is 9.75. The Morgan fingerprint density at radius 1 is 1.33 bits per heavy atom. The molecule has 1 aliphatic carbocycles. The van der Waals surface area contributed by atoms with Crippen molar-refractivity contribution >= 4 is 17.4 Å². The number of hydrogen-bond acceptors (Lipinski definition) is 1. The second kappa shape index (κ2) is 4.85. The number of ketones is 1. The summed E-state index contributed by atoms with van der Waals surface area (Å²) in [7, 11) is 0. The van der Waals surface area contributed by atoms with Crippen molar-refractivity contribution in [2.24, 2.45) is 5.41 Å². The molecule has 0 unspecified atom stereocenters. The van der Waals surface area contributed by atoms with Gasteiger partial charge in [-0.05, 0) is 42.0 Å². The van der Waals surface area contributed by atoms with E-state index in [1.54, 1.807) is 18.2 Å². The summed E-state index contributed by atoms with van der Waals surface area (Å²) < 4.78 is 13.7. The normalized spacial score (nSPS) is 18.7. The topological polar surface area (TPSA) is 17.1 Å². The third kappa shape index (κ3) is 3.20. The zero-order valence-electron chi connectivity index (χ0n) is 10.6. The van der Waals surface area contributed by atoms with Gasteiger partial charge in [0.05, 0.1) is 0 Å². The van der Waals surface area contributed by atoms with Crippen molar-refractivity contribution in [2.45, 2.75) is 33.1 Å². The fourth-order valence-corrected chi connectivity index (χ4v) is 2.66. The Bertz CT molecular complexity index is 517. The van der Waals surface area contributed by atoms with Crippen LogP contribution in [0.15, 0.2) is 29.8 Å². The lowest BCUT2D eigenvalue weighted by Gasteiger charge is -2.29. The first-order valence-corrected chi connectivity index (χ1v) is 6.40. The van der Waals surface area contributed by atoms with Gasteiger partial charge in [-0.1, -0.05) is 37.1 Å². The molecule has 0 aromatic heterocycles. The first kappa shape index (κ1) is 13.3. The molecular formula is C15H16ClFO. The van der Waals surface area contributed by atoms with Gasteiger partial charge < -0.3 is 0 Å². The van der Waals surface area contributed by atoms with Crippen LogP contribution in [-0.4, -0.2) is 5.78 Å². The zero-order valence-corrected chi connectivity index (χ0v) is 11.4. The van der Waals surface area contributed by atoms with Crippen molar-refractivity contribution in [3.8, 4) is 0 Å². The van der Waals surface area contributed by atoms with E-state index in [-0.39, 0.29) is 17.0 Å². The van der Waals surface area contributed by atoms with E-state index in [1.807, 2.05) is 0 Å². The summed E-state index contributed by atoms with van der Waals surface area (Å²) in [6, 6.07) is 4.67. The van der Waals surface area contributed by atoms with E-state index in [1.165, 1.54) is 6.07 Å². The first-order valence-electron chi connectivity index (χ1n) is 6.02. The molecule has 0 amide bonds. The van der Waals surface area contributed by atoms with Crippen molar-refractivity contribution in [3.05, 3.63) is 46.3 Å². The molecule has 1 aliphatic rings. The molecular weight excluding hydrogens is 251 g/mol. The third-order valence-corrected chi connectivity index (χ3v) is 3.39. The molecule has 3 heteroatoms. The molecule has 0 heterocycles. The fourth-order valence-electron chi connectivity index (χ4n) is 2.50. The van der Waals surface area contributed by atoms with Gasteiger partial charge in [0.1, 0.15) is 5.82 Å². The SMILES string of the molecule is CC1(C)CC(=O)C=C(Cc2ccc(Cl)cc2F)C1. The quantitative estimate of drug-likeness (QED) is 0.778. The summed E-state index contributed by atoms with van der Waals surface area (Å²) in [4.78, 5) is 11.6. The molecule has 0 bridgehead atoms. The van der Waals surface area contributed by atoms with Gasteiger partial charge in [0.2, 0.25) is 0 Å². The van der Waals surface area contributed by atoms with Crippen LogP contribution in [0, 0.1) is 11.2 Å². The zero-order chi connectivity index (χ0) is 13.3. The van der Waals surface area contributed by atoms with Crippen LogP contribution < -0.4 is 0 Å². The van der Waals surface area contributed by atoms with Gasteiger partial charge >= 0.3 is 0 Å². The van der Waals surface area contributed by atoms with E-state index in [4.69, 9.17) is 11.6 Å². The largest absolute Gasteiger partial charge is 0.295 e. The maximum absolute atomic E-state index is 13.7. The Hall–Kier alpha value is -1.15. The number of hydrogen-bond donors (Lipinski definition) is 0. The van der Waals surface area contributed by atoms with Crippen LogP contribution in [0.4, 0.5) is 4.39 Å². The molecule has 0 radical (unpaired) electrons. The Kier molecular flexibility index (Phi) is 3.58. The lowest BCUT2D eigenvalue weighted by Crippen LogP contribution is -2.22. The van der Waals surface area contributed by atoms with Gasteiger partial charge in [-0.2, -0.15) is 0 Å². The van der Waals surface area contributed by atoms with Crippen molar-refractivity contribution < 1.29 is 9.18 Å². The van der Waals surface area contributed by atoms with Crippen molar-refractivity contribution in [1.82, 2.24) is 0 Å². The summed E-state index contributed by atoms with van der Waals surface area (Å²) >= 11 is 5.72. The van der Waals surface area contributed by atoms with Gasteiger partial charge in [0.15, 0.2) is 5.78 Å². The predicted molar refractivity (Wildman–Crippen MR) is 71.2 cm³/mol. The van der Waals surface area contributed by atoms with E-state index in [2.05, 4.69) is 13.8 Å². The number of halogens is 2. The van der Waals surface area contributed by atoms with Crippen molar-refractivity contribution in [2.75, 3.05) is 0 Å². The molecule has 1 aromatic rings. The van der Waals surface area contributed by atoms with E-state index in [0.717, 1.165) is 12.0 Å². The summed E-state index contributed by atoms with van der Waals surface area (Å²) in [5.41, 5.74) is 1.57. The van der Waals surface area contributed by atoms with Crippen LogP contribution >= 0.6 is 11.6 Å². The molecule has 0 spiro atoms. The molecule has 0 N–H and O–H groups in total. The molecule has 0 fully saturated rings. The molecule has 1 aromatic carbocycles.